The highest BCUT2D eigenvalue weighted by atomic mass is 32.1. The van der Waals surface area contributed by atoms with Crippen molar-refractivity contribution in [2.75, 3.05) is 24.5 Å². The van der Waals surface area contributed by atoms with Crippen molar-refractivity contribution in [2.45, 2.75) is 52.0 Å². The molecule has 2 rings (SSSR count). The maximum atomic E-state index is 4.73. The third kappa shape index (κ3) is 3.01. The van der Waals surface area contributed by atoms with Crippen LogP contribution in [0.15, 0.2) is 0 Å². The Hall–Kier alpha value is -0.680. The van der Waals surface area contributed by atoms with Gasteiger partial charge in [-0.25, -0.2) is 4.98 Å². The lowest BCUT2D eigenvalue weighted by molar-refractivity contribution is 0.551. The molecule has 0 bridgehead atoms. The number of hydrogen-bond acceptors (Lipinski definition) is 5. The molecule has 1 aliphatic heterocycles. The van der Waals surface area contributed by atoms with Crippen LogP contribution in [0.5, 0.6) is 0 Å². The minimum Gasteiger partial charge on any atom is -0.343 e. The number of nitrogens with one attached hydrogen (secondary N) is 1. The van der Waals surface area contributed by atoms with E-state index in [-0.39, 0.29) is 5.41 Å². The van der Waals surface area contributed by atoms with E-state index in [4.69, 9.17) is 4.98 Å². The van der Waals surface area contributed by atoms with Gasteiger partial charge in [-0.2, -0.15) is 4.37 Å². The van der Waals surface area contributed by atoms with Gasteiger partial charge in [-0.05, 0) is 19.4 Å². The molecule has 18 heavy (non-hydrogen) atoms. The Labute approximate surface area is 114 Å². The van der Waals surface area contributed by atoms with Gasteiger partial charge in [0, 0.05) is 36.1 Å². The third-order valence-electron chi connectivity index (χ3n) is 3.34. The first-order valence-electron chi connectivity index (χ1n) is 6.84. The Kier molecular flexibility index (Phi) is 4.22. The highest BCUT2D eigenvalue weighted by Gasteiger charge is 2.28. The molecule has 0 spiro atoms. The van der Waals surface area contributed by atoms with Crippen LogP contribution in [0.2, 0.25) is 0 Å². The molecule has 5 heteroatoms. The van der Waals surface area contributed by atoms with E-state index >= 15 is 0 Å². The smallest absolute Gasteiger partial charge is 0.205 e. The Morgan fingerprint density at radius 3 is 2.83 bits per heavy atom. The molecule has 102 valence electrons. The standard InChI is InChI=1S/C13H24N4S/c1-5-14-9-10-7-6-8-17(10)12-15-11(16-18-12)13(2,3)4/h10,14H,5-9H2,1-4H3. The third-order valence-corrected chi connectivity index (χ3v) is 4.09. The van der Waals surface area contributed by atoms with Gasteiger partial charge in [0.1, 0.15) is 5.82 Å². The van der Waals surface area contributed by atoms with Crippen LogP contribution >= 0.6 is 11.5 Å². The topological polar surface area (TPSA) is 41.0 Å². The molecule has 1 N–H and O–H groups in total. The lowest BCUT2D eigenvalue weighted by Gasteiger charge is -2.23. The van der Waals surface area contributed by atoms with Crippen LogP contribution in [0, 0.1) is 0 Å². The first kappa shape index (κ1) is 13.7. The SMILES string of the molecule is CCNCC1CCCN1c1nc(C(C)(C)C)ns1. The summed E-state index contributed by atoms with van der Waals surface area (Å²) in [7, 11) is 0. The van der Waals surface area contributed by atoms with Crippen molar-refractivity contribution in [1.82, 2.24) is 14.7 Å². The zero-order valence-electron chi connectivity index (χ0n) is 11.9. The predicted octanol–water partition coefficient (Wildman–Crippen LogP) is 2.41. The zero-order valence-corrected chi connectivity index (χ0v) is 12.7. The van der Waals surface area contributed by atoms with Gasteiger partial charge < -0.3 is 10.2 Å². The first-order valence-corrected chi connectivity index (χ1v) is 7.61. The summed E-state index contributed by atoms with van der Waals surface area (Å²) in [5, 5.41) is 4.54. The fourth-order valence-electron chi connectivity index (χ4n) is 2.25. The number of aromatic nitrogens is 2. The number of rotatable bonds is 4. The van der Waals surface area contributed by atoms with Crippen molar-refractivity contribution >= 4 is 16.7 Å². The van der Waals surface area contributed by atoms with E-state index in [1.54, 1.807) is 11.5 Å². The maximum Gasteiger partial charge on any atom is 0.205 e. The highest BCUT2D eigenvalue weighted by Crippen LogP contribution is 2.30. The molecule has 0 aliphatic carbocycles. The van der Waals surface area contributed by atoms with E-state index in [2.05, 4.69) is 42.3 Å². The summed E-state index contributed by atoms with van der Waals surface area (Å²) < 4.78 is 4.52. The van der Waals surface area contributed by atoms with Crippen LogP contribution in [0.3, 0.4) is 0 Å². The molecule has 2 heterocycles. The van der Waals surface area contributed by atoms with Crippen LogP contribution < -0.4 is 10.2 Å². The highest BCUT2D eigenvalue weighted by molar-refractivity contribution is 7.09. The Balaban J connectivity index is 2.08. The zero-order chi connectivity index (χ0) is 13.2. The molecule has 1 unspecified atom stereocenters. The van der Waals surface area contributed by atoms with Crippen molar-refractivity contribution < 1.29 is 0 Å². The molecular formula is C13H24N4S. The Bertz CT molecular complexity index is 383. The fourth-order valence-corrected chi connectivity index (χ4v) is 3.20. The normalized spacial score (nSPS) is 20.7. The van der Waals surface area contributed by atoms with Crippen LogP contribution in [0.25, 0.3) is 0 Å². The van der Waals surface area contributed by atoms with Gasteiger partial charge in [0.15, 0.2) is 0 Å². The lowest BCUT2D eigenvalue weighted by Crippen LogP contribution is -2.38. The van der Waals surface area contributed by atoms with Gasteiger partial charge in [-0.15, -0.1) is 0 Å². The second-order valence-electron chi connectivity index (χ2n) is 5.95. The lowest BCUT2D eigenvalue weighted by atomic mass is 9.96. The molecule has 0 amide bonds. The number of hydrogen-bond donors (Lipinski definition) is 1. The molecule has 0 aromatic carbocycles. The fraction of sp³-hybridized carbons (Fsp3) is 0.846. The summed E-state index contributed by atoms with van der Waals surface area (Å²) in [6.07, 6.45) is 2.53. The molecule has 1 aromatic rings. The van der Waals surface area contributed by atoms with Crippen LogP contribution in [-0.4, -0.2) is 35.0 Å². The van der Waals surface area contributed by atoms with E-state index in [0.29, 0.717) is 6.04 Å². The van der Waals surface area contributed by atoms with Gasteiger partial charge in [0.25, 0.3) is 0 Å². The second kappa shape index (κ2) is 5.53. The first-order chi connectivity index (χ1) is 8.52. The molecule has 1 saturated heterocycles. The van der Waals surface area contributed by atoms with Crippen molar-refractivity contribution in [3.8, 4) is 0 Å². The van der Waals surface area contributed by atoms with Gasteiger partial charge >= 0.3 is 0 Å². The van der Waals surface area contributed by atoms with Crippen molar-refractivity contribution in [1.29, 1.82) is 0 Å². The molecule has 1 fully saturated rings. The average Bonchev–Trinajstić information content (AvgIpc) is 2.93. The van der Waals surface area contributed by atoms with Gasteiger partial charge in [0.2, 0.25) is 5.13 Å². The van der Waals surface area contributed by atoms with Gasteiger partial charge in [0.05, 0.1) is 0 Å². The largest absolute Gasteiger partial charge is 0.343 e. The number of nitrogens with zero attached hydrogens (tertiary/aromatic N) is 3. The molecule has 1 aliphatic rings. The summed E-state index contributed by atoms with van der Waals surface area (Å²) in [4.78, 5) is 7.15. The molecule has 0 saturated carbocycles. The average molecular weight is 268 g/mol. The predicted molar refractivity (Wildman–Crippen MR) is 77.5 cm³/mol. The Morgan fingerprint density at radius 1 is 1.44 bits per heavy atom. The summed E-state index contributed by atoms with van der Waals surface area (Å²) in [5.41, 5.74) is 0.0473. The monoisotopic (exact) mass is 268 g/mol. The van der Waals surface area contributed by atoms with Crippen LogP contribution in [-0.2, 0) is 5.41 Å². The van der Waals surface area contributed by atoms with Crippen molar-refractivity contribution in [3.63, 3.8) is 0 Å². The van der Waals surface area contributed by atoms with E-state index < -0.39 is 0 Å². The van der Waals surface area contributed by atoms with Gasteiger partial charge in [-0.3, -0.25) is 0 Å². The Morgan fingerprint density at radius 2 is 2.22 bits per heavy atom. The summed E-state index contributed by atoms with van der Waals surface area (Å²) in [5.74, 6) is 0.969. The molecule has 0 radical (unpaired) electrons. The maximum absolute atomic E-state index is 4.73. The number of anilines is 1. The van der Waals surface area contributed by atoms with E-state index in [0.717, 1.165) is 30.6 Å². The quantitative estimate of drug-likeness (QED) is 0.910. The summed E-state index contributed by atoms with van der Waals surface area (Å²) >= 11 is 1.55. The summed E-state index contributed by atoms with van der Waals surface area (Å²) in [6, 6.07) is 0.589. The molecule has 1 atom stereocenters. The van der Waals surface area contributed by atoms with Gasteiger partial charge in [-0.1, -0.05) is 27.7 Å². The minimum atomic E-state index is 0.0473. The van der Waals surface area contributed by atoms with E-state index in [1.165, 1.54) is 12.8 Å². The number of likely N-dealkylation sites (N-methyl/N-ethyl adjacent to an activating group) is 1. The van der Waals surface area contributed by atoms with E-state index in [1.807, 2.05) is 0 Å². The van der Waals surface area contributed by atoms with Crippen molar-refractivity contribution in [2.24, 2.45) is 0 Å². The molecular weight excluding hydrogens is 244 g/mol. The van der Waals surface area contributed by atoms with Crippen LogP contribution in [0.1, 0.15) is 46.4 Å². The van der Waals surface area contributed by atoms with Crippen molar-refractivity contribution in [3.05, 3.63) is 5.82 Å². The van der Waals surface area contributed by atoms with Crippen LogP contribution in [0.4, 0.5) is 5.13 Å². The minimum absolute atomic E-state index is 0.0473. The molecule has 1 aromatic heterocycles. The summed E-state index contributed by atoms with van der Waals surface area (Å²) in [6.45, 7) is 11.9. The molecule has 4 nitrogen and oxygen atoms in total. The van der Waals surface area contributed by atoms with E-state index in [9.17, 15) is 0 Å². The second-order valence-corrected chi connectivity index (χ2v) is 6.68.